The highest BCUT2D eigenvalue weighted by Crippen LogP contribution is 2.31. The van der Waals surface area contributed by atoms with Crippen LogP contribution >= 0.6 is 34.3 Å². The molecule has 11 heteroatoms. The van der Waals surface area contributed by atoms with Gasteiger partial charge in [-0.1, -0.05) is 29.0 Å². The van der Waals surface area contributed by atoms with Crippen LogP contribution < -0.4 is 5.32 Å². The lowest BCUT2D eigenvalue weighted by atomic mass is 10.1. The number of anilines is 1. The second-order valence-electron chi connectivity index (χ2n) is 6.22. The van der Waals surface area contributed by atoms with Gasteiger partial charge in [-0.25, -0.2) is 4.98 Å². The van der Waals surface area contributed by atoms with Crippen molar-refractivity contribution in [2.45, 2.75) is 13.0 Å². The number of amides is 2. The zero-order chi connectivity index (χ0) is 20.5. The molecule has 1 N–H and O–H groups in total. The van der Waals surface area contributed by atoms with Crippen molar-refractivity contribution in [3.05, 3.63) is 71.9 Å². The highest BCUT2D eigenvalue weighted by Gasteiger charge is 2.27. The fraction of sp³-hybridized carbons (Fsp3) is 0.167. The Hall–Kier alpha value is -2.82. The predicted octanol–water partition coefficient (Wildman–Crippen LogP) is 4.22. The van der Waals surface area contributed by atoms with E-state index in [2.05, 4.69) is 10.3 Å². The largest absolute Gasteiger partial charge is 0.333 e. The topological polar surface area (TPSA) is 105 Å². The Morgan fingerprint density at radius 3 is 2.86 bits per heavy atom. The van der Waals surface area contributed by atoms with E-state index in [0.29, 0.717) is 29.5 Å². The minimum Gasteiger partial charge on any atom is -0.333 e. The molecule has 3 aromatic rings. The number of nitro benzene ring substituents is 1. The lowest BCUT2D eigenvalue weighted by Gasteiger charge is -2.26. The molecule has 0 fully saturated rings. The fourth-order valence-corrected chi connectivity index (χ4v) is 4.78. The summed E-state index contributed by atoms with van der Waals surface area (Å²) in [5, 5.41) is 16.2. The Balaban J connectivity index is 1.49. The number of hydrogen-bond donors (Lipinski definition) is 1. The van der Waals surface area contributed by atoms with Crippen LogP contribution in [0.15, 0.2) is 35.7 Å². The van der Waals surface area contributed by atoms with Crippen molar-refractivity contribution in [1.29, 1.82) is 0 Å². The first-order valence-electron chi connectivity index (χ1n) is 8.49. The normalized spacial score (nSPS) is 13.1. The molecule has 0 saturated heterocycles. The van der Waals surface area contributed by atoms with Gasteiger partial charge in [0.25, 0.3) is 17.5 Å². The minimum atomic E-state index is -0.612. The molecule has 0 radical (unpaired) electrons. The van der Waals surface area contributed by atoms with Crippen molar-refractivity contribution in [3.8, 4) is 0 Å². The van der Waals surface area contributed by atoms with Gasteiger partial charge in [-0.15, -0.1) is 11.3 Å². The molecule has 1 aromatic carbocycles. The van der Waals surface area contributed by atoms with Gasteiger partial charge in [0.15, 0.2) is 5.13 Å². The number of thiazole rings is 1. The SMILES string of the molecule is O=C(Nc1nc2c(s1)CN(C(=O)c1ccc(Cl)c([N+](=O)[O-])c1)CC2)c1cccs1. The first-order valence-corrected chi connectivity index (χ1v) is 10.6. The number of nitrogens with one attached hydrogen (secondary N) is 1. The summed E-state index contributed by atoms with van der Waals surface area (Å²) < 4.78 is 0. The van der Waals surface area contributed by atoms with Gasteiger partial charge < -0.3 is 4.90 Å². The third-order valence-corrected chi connectivity index (χ3v) is 6.56. The second kappa shape index (κ2) is 7.90. The molecule has 2 aromatic heterocycles. The van der Waals surface area contributed by atoms with E-state index in [-0.39, 0.29) is 28.1 Å². The number of carbonyl (C=O) groups is 2. The number of halogens is 1. The van der Waals surface area contributed by atoms with E-state index in [4.69, 9.17) is 11.6 Å². The van der Waals surface area contributed by atoms with Crippen LogP contribution in [0.2, 0.25) is 5.02 Å². The number of nitrogens with zero attached hydrogens (tertiary/aromatic N) is 3. The van der Waals surface area contributed by atoms with E-state index >= 15 is 0 Å². The number of rotatable bonds is 4. The quantitative estimate of drug-likeness (QED) is 0.475. The zero-order valence-corrected chi connectivity index (χ0v) is 17.1. The number of thiophene rings is 1. The summed E-state index contributed by atoms with van der Waals surface area (Å²) in [6, 6.07) is 7.57. The molecule has 2 amide bonds. The van der Waals surface area contributed by atoms with Crippen molar-refractivity contribution >= 4 is 56.9 Å². The molecule has 29 heavy (non-hydrogen) atoms. The van der Waals surface area contributed by atoms with Crippen molar-refractivity contribution in [1.82, 2.24) is 9.88 Å². The van der Waals surface area contributed by atoms with E-state index in [1.807, 2.05) is 5.38 Å². The highest BCUT2D eigenvalue weighted by atomic mass is 35.5. The Kier molecular flexibility index (Phi) is 5.31. The molecule has 0 bridgehead atoms. The highest BCUT2D eigenvalue weighted by molar-refractivity contribution is 7.16. The molecule has 0 spiro atoms. The van der Waals surface area contributed by atoms with Crippen LogP contribution in [-0.2, 0) is 13.0 Å². The van der Waals surface area contributed by atoms with Gasteiger partial charge in [-0.3, -0.25) is 25.0 Å². The van der Waals surface area contributed by atoms with E-state index in [1.165, 1.54) is 40.9 Å². The molecule has 0 atom stereocenters. The van der Waals surface area contributed by atoms with Crippen molar-refractivity contribution in [2.75, 3.05) is 11.9 Å². The van der Waals surface area contributed by atoms with Gasteiger partial charge in [-0.2, -0.15) is 0 Å². The summed E-state index contributed by atoms with van der Waals surface area (Å²) in [5.41, 5.74) is 0.759. The molecule has 0 unspecified atom stereocenters. The summed E-state index contributed by atoms with van der Waals surface area (Å²) in [5.74, 6) is -0.527. The van der Waals surface area contributed by atoms with Crippen LogP contribution in [0.3, 0.4) is 0 Å². The van der Waals surface area contributed by atoms with Gasteiger partial charge in [0.05, 0.1) is 22.0 Å². The van der Waals surface area contributed by atoms with Crippen molar-refractivity contribution < 1.29 is 14.5 Å². The monoisotopic (exact) mass is 448 g/mol. The van der Waals surface area contributed by atoms with Crippen LogP contribution in [0.5, 0.6) is 0 Å². The summed E-state index contributed by atoms with van der Waals surface area (Å²) in [6.07, 6.45) is 0.544. The third kappa shape index (κ3) is 4.00. The summed E-state index contributed by atoms with van der Waals surface area (Å²) in [4.78, 5) is 43.0. The summed E-state index contributed by atoms with van der Waals surface area (Å²) in [6.45, 7) is 0.765. The second-order valence-corrected chi connectivity index (χ2v) is 8.66. The Morgan fingerprint density at radius 2 is 2.14 bits per heavy atom. The Bertz CT molecular complexity index is 1110. The molecular weight excluding hydrogens is 436 g/mol. The van der Waals surface area contributed by atoms with E-state index in [0.717, 1.165) is 10.6 Å². The van der Waals surface area contributed by atoms with Gasteiger partial charge in [-0.05, 0) is 23.6 Å². The van der Waals surface area contributed by atoms with Crippen LogP contribution in [0, 0.1) is 10.1 Å². The van der Waals surface area contributed by atoms with Crippen LogP contribution in [-0.4, -0.2) is 33.2 Å². The lowest BCUT2D eigenvalue weighted by Crippen LogP contribution is -2.35. The Labute approximate surface area is 177 Å². The Morgan fingerprint density at radius 1 is 1.31 bits per heavy atom. The van der Waals surface area contributed by atoms with E-state index < -0.39 is 4.92 Å². The molecule has 1 aliphatic rings. The van der Waals surface area contributed by atoms with Gasteiger partial charge in [0.2, 0.25) is 0 Å². The van der Waals surface area contributed by atoms with Gasteiger partial charge in [0.1, 0.15) is 5.02 Å². The maximum absolute atomic E-state index is 12.8. The number of benzene rings is 1. The van der Waals surface area contributed by atoms with Gasteiger partial charge >= 0.3 is 0 Å². The first kappa shape index (κ1) is 19.5. The standard InChI is InChI=1S/C18H13ClN4O4S2/c19-11-4-3-10(8-13(11)23(26)27)17(25)22-6-5-12-15(9-22)29-18(20-12)21-16(24)14-2-1-7-28-14/h1-4,7-8H,5-6,9H2,(H,20,21,24). The number of aromatic nitrogens is 1. The maximum atomic E-state index is 12.8. The van der Waals surface area contributed by atoms with Crippen LogP contribution in [0.25, 0.3) is 0 Å². The lowest BCUT2D eigenvalue weighted by molar-refractivity contribution is -0.384. The van der Waals surface area contributed by atoms with E-state index in [9.17, 15) is 19.7 Å². The van der Waals surface area contributed by atoms with Crippen molar-refractivity contribution in [3.63, 3.8) is 0 Å². The number of nitro groups is 1. The summed E-state index contributed by atoms with van der Waals surface area (Å²) >= 11 is 8.49. The molecule has 148 valence electrons. The predicted molar refractivity (Wildman–Crippen MR) is 111 cm³/mol. The van der Waals surface area contributed by atoms with Crippen LogP contribution in [0.1, 0.15) is 30.6 Å². The minimum absolute atomic E-state index is 0.0129. The molecule has 4 rings (SSSR count). The molecule has 0 saturated carbocycles. The zero-order valence-electron chi connectivity index (χ0n) is 14.8. The average molecular weight is 449 g/mol. The third-order valence-electron chi connectivity index (χ3n) is 4.37. The molecule has 0 aliphatic carbocycles. The number of fused-ring (bicyclic) bond motifs is 1. The van der Waals surface area contributed by atoms with E-state index in [1.54, 1.807) is 17.0 Å². The van der Waals surface area contributed by atoms with Crippen molar-refractivity contribution in [2.24, 2.45) is 0 Å². The van der Waals surface area contributed by atoms with Gasteiger partial charge in [0, 0.05) is 29.5 Å². The summed E-state index contributed by atoms with van der Waals surface area (Å²) in [7, 11) is 0. The fourth-order valence-electron chi connectivity index (χ4n) is 2.96. The molecular formula is C18H13ClN4O4S2. The molecule has 3 heterocycles. The average Bonchev–Trinajstić information content (AvgIpc) is 3.36. The smallest absolute Gasteiger partial charge is 0.288 e. The number of carbonyl (C=O) groups excluding carboxylic acids is 2. The molecule has 8 nitrogen and oxygen atoms in total. The first-order chi connectivity index (χ1) is 13.9. The van der Waals surface area contributed by atoms with Crippen LogP contribution in [0.4, 0.5) is 10.8 Å². The molecule has 1 aliphatic heterocycles. The number of hydrogen-bond acceptors (Lipinski definition) is 7. The maximum Gasteiger partial charge on any atom is 0.288 e.